The minimum Gasteiger partial charge on any atom is -0.495 e. The summed E-state index contributed by atoms with van der Waals surface area (Å²) in [6.45, 7) is 2.82. The summed E-state index contributed by atoms with van der Waals surface area (Å²) >= 11 is 3.22. The molecule has 1 atom stereocenters. The molecule has 0 fully saturated rings. The molecule has 0 aliphatic rings. The van der Waals surface area contributed by atoms with Crippen LogP contribution in [0, 0.1) is 5.82 Å². The van der Waals surface area contributed by atoms with Crippen LogP contribution in [-0.2, 0) is 0 Å². The van der Waals surface area contributed by atoms with Crippen molar-refractivity contribution in [3.8, 4) is 5.75 Å². The number of nitrogens with one attached hydrogen (secondary N) is 1. The quantitative estimate of drug-likeness (QED) is 0.902. The van der Waals surface area contributed by atoms with Gasteiger partial charge >= 0.3 is 0 Å². The van der Waals surface area contributed by atoms with Crippen molar-refractivity contribution < 1.29 is 9.13 Å². The molecule has 0 spiro atoms. The van der Waals surface area contributed by atoms with Gasteiger partial charge in [-0.1, -0.05) is 13.0 Å². The predicted octanol–water partition coefficient (Wildman–Crippen LogP) is 3.69. The maximum Gasteiger partial charge on any atom is 0.137 e. The largest absolute Gasteiger partial charge is 0.495 e. The first-order chi connectivity index (χ1) is 9.65. The zero-order chi connectivity index (χ0) is 14.5. The maximum atomic E-state index is 13.4. The molecular formula is C15H16BrFN2O. The minimum absolute atomic E-state index is 0.0560. The summed E-state index contributed by atoms with van der Waals surface area (Å²) in [6, 6.07) is 6.88. The molecule has 0 bridgehead atoms. The van der Waals surface area contributed by atoms with Crippen molar-refractivity contribution in [2.24, 2.45) is 0 Å². The lowest BCUT2D eigenvalue weighted by Gasteiger charge is -2.19. The lowest BCUT2D eigenvalue weighted by atomic mass is 10.00. The van der Waals surface area contributed by atoms with Crippen molar-refractivity contribution in [3.05, 3.63) is 58.1 Å². The Morgan fingerprint density at radius 1 is 1.30 bits per heavy atom. The number of halogens is 2. The summed E-state index contributed by atoms with van der Waals surface area (Å²) in [5, 5.41) is 3.37. The molecule has 0 amide bonds. The second-order valence-corrected chi connectivity index (χ2v) is 5.18. The van der Waals surface area contributed by atoms with Gasteiger partial charge in [-0.05, 0) is 51.8 Å². The monoisotopic (exact) mass is 338 g/mol. The Morgan fingerprint density at radius 3 is 2.75 bits per heavy atom. The third-order valence-electron chi connectivity index (χ3n) is 2.99. The molecule has 1 aromatic heterocycles. The van der Waals surface area contributed by atoms with Crippen LogP contribution in [0.5, 0.6) is 5.75 Å². The van der Waals surface area contributed by atoms with Crippen LogP contribution in [0.15, 0.2) is 41.1 Å². The van der Waals surface area contributed by atoms with Crippen LogP contribution in [0.2, 0.25) is 0 Å². The van der Waals surface area contributed by atoms with Gasteiger partial charge in [-0.2, -0.15) is 0 Å². The van der Waals surface area contributed by atoms with E-state index in [2.05, 4.69) is 26.2 Å². The van der Waals surface area contributed by atoms with Crippen LogP contribution in [0.25, 0.3) is 0 Å². The molecule has 106 valence electrons. The Hall–Kier alpha value is -1.46. The van der Waals surface area contributed by atoms with E-state index in [4.69, 9.17) is 4.74 Å². The molecule has 0 aliphatic carbocycles. The van der Waals surface area contributed by atoms with Crippen LogP contribution in [0.4, 0.5) is 4.39 Å². The second-order valence-electron chi connectivity index (χ2n) is 4.32. The first-order valence-corrected chi connectivity index (χ1v) is 7.12. The summed E-state index contributed by atoms with van der Waals surface area (Å²) in [5.74, 6) is 0.430. The van der Waals surface area contributed by atoms with E-state index >= 15 is 0 Å². The van der Waals surface area contributed by atoms with Gasteiger partial charge in [0.05, 0.1) is 23.8 Å². The summed E-state index contributed by atoms with van der Waals surface area (Å²) in [5.41, 5.74) is 1.94. The van der Waals surface area contributed by atoms with Crippen LogP contribution in [-0.4, -0.2) is 18.6 Å². The molecule has 1 heterocycles. The lowest BCUT2D eigenvalue weighted by Crippen LogP contribution is -2.22. The highest BCUT2D eigenvalue weighted by Crippen LogP contribution is 2.27. The Labute approximate surface area is 126 Å². The average Bonchev–Trinajstić information content (AvgIpc) is 2.48. The molecule has 0 saturated heterocycles. The van der Waals surface area contributed by atoms with E-state index in [9.17, 15) is 4.39 Å². The molecule has 2 aromatic rings. The summed E-state index contributed by atoms with van der Waals surface area (Å²) in [4.78, 5) is 4.17. The fourth-order valence-corrected chi connectivity index (χ4v) is 2.43. The van der Waals surface area contributed by atoms with Gasteiger partial charge in [-0.15, -0.1) is 0 Å². The van der Waals surface area contributed by atoms with Gasteiger partial charge in [0, 0.05) is 6.20 Å². The molecule has 0 aliphatic heterocycles. The molecule has 1 aromatic carbocycles. The second kappa shape index (κ2) is 6.81. The molecule has 2 rings (SSSR count). The number of hydrogen-bond acceptors (Lipinski definition) is 3. The highest BCUT2D eigenvalue weighted by Gasteiger charge is 2.15. The van der Waals surface area contributed by atoms with Gasteiger partial charge < -0.3 is 10.1 Å². The van der Waals surface area contributed by atoms with E-state index in [0.29, 0.717) is 10.2 Å². The van der Waals surface area contributed by atoms with Gasteiger partial charge in [-0.3, -0.25) is 4.98 Å². The fraction of sp³-hybridized carbons (Fsp3) is 0.267. The number of methoxy groups -OCH3 is 1. The van der Waals surface area contributed by atoms with E-state index in [-0.39, 0.29) is 11.9 Å². The first kappa shape index (κ1) is 14.9. The smallest absolute Gasteiger partial charge is 0.137 e. The van der Waals surface area contributed by atoms with Gasteiger partial charge in [0.25, 0.3) is 0 Å². The standard InChI is InChI=1S/C15H16BrFN2O/c1-3-19-15(10-4-5-14(17)13(16)7-10)11-6-12(20-2)9-18-8-11/h4-9,15,19H,3H2,1-2H3. The topological polar surface area (TPSA) is 34.2 Å². The maximum absolute atomic E-state index is 13.4. The number of ether oxygens (including phenoxy) is 1. The van der Waals surface area contributed by atoms with Crippen molar-refractivity contribution >= 4 is 15.9 Å². The Kier molecular flexibility index (Phi) is 5.09. The molecule has 0 saturated carbocycles. The average molecular weight is 339 g/mol. The lowest BCUT2D eigenvalue weighted by molar-refractivity contribution is 0.411. The number of benzene rings is 1. The number of rotatable bonds is 5. The molecule has 20 heavy (non-hydrogen) atoms. The van der Waals surface area contributed by atoms with Crippen molar-refractivity contribution in [3.63, 3.8) is 0 Å². The fourth-order valence-electron chi connectivity index (χ4n) is 2.03. The van der Waals surface area contributed by atoms with Crippen LogP contribution in [0.3, 0.4) is 0 Å². The van der Waals surface area contributed by atoms with Gasteiger partial charge in [0.1, 0.15) is 11.6 Å². The van der Waals surface area contributed by atoms with Crippen molar-refractivity contribution in [1.82, 2.24) is 10.3 Å². The zero-order valence-electron chi connectivity index (χ0n) is 11.4. The van der Waals surface area contributed by atoms with E-state index in [1.54, 1.807) is 31.6 Å². The van der Waals surface area contributed by atoms with Crippen molar-refractivity contribution in [2.75, 3.05) is 13.7 Å². The van der Waals surface area contributed by atoms with Crippen LogP contribution < -0.4 is 10.1 Å². The minimum atomic E-state index is -0.271. The highest BCUT2D eigenvalue weighted by molar-refractivity contribution is 9.10. The molecular weight excluding hydrogens is 323 g/mol. The molecule has 1 unspecified atom stereocenters. The number of pyridine rings is 1. The molecule has 0 radical (unpaired) electrons. The zero-order valence-corrected chi connectivity index (χ0v) is 12.9. The number of nitrogens with zero attached hydrogens (tertiary/aromatic N) is 1. The van der Waals surface area contributed by atoms with Gasteiger partial charge in [-0.25, -0.2) is 4.39 Å². The third-order valence-corrected chi connectivity index (χ3v) is 3.60. The Balaban J connectivity index is 2.41. The van der Waals surface area contributed by atoms with Crippen LogP contribution >= 0.6 is 15.9 Å². The normalized spacial score (nSPS) is 12.2. The highest BCUT2D eigenvalue weighted by atomic mass is 79.9. The Bertz CT molecular complexity index is 592. The predicted molar refractivity (Wildman–Crippen MR) is 80.4 cm³/mol. The van der Waals surface area contributed by atoms with E-state index in [1.807, 2.05) is 13.0 Å². The first-order valence-electron chi connectivity index (χ1n) is 6.33. The molecule has 5 heteroatoms. The van der Waals surface area contributed by atoms with Crippen LogP contribution in [0.1, 0.15) is 24.1 Å². The molecule has 1 N–H and O–H groups in total. The summed E-state index contributed by atoms with van der Waals surface area (Å²) < 4.78 is 19.0. The van der Waals surface area contributed by atoms with Crippen molar-refractivity contribution in [1.29, 1.82) is 0 Å². The van der Waals surface area contributed by atoms with Gasteiger partial charge in [0.15, 0.2) is 0 Å². The van der Waals surface area contributed by atoms with E-state index in [1.165, 1.54) is 6.07 Å². The number of aromatic nitrogens is 1. The van der Waals surface area contributed by atoms with Gasteiger partial charge in [0.2, 0.25) is 0 Å². The molecule has 3 nitrogen and oxygen atoms in total. The third kappa shape index (κ3) is 3.35. The van der Waals surface area contributed by atoms with E-state index in [0.717, 1.165) is 17.7 Å². The Morgan fingerprint density at radius 2 is 2.10 bits per heavy atom. The van der Waals surface area contributed by atoms with Crippen molar-refractivity contribution in [2.45, 2.75) is 13.0 Å². The summed E-state index contributed by atoms with van der Waals surface area (Å²) in [6.07, 6.45) is 3.44. The SMILES string of the molecule is CCNC(c1cncc(OC)c1)c1ccc(F)c(Br)c1. The van der Waals surface area contributed by atoms with E-state index < -0.39 is 0 Å². The summed E-state index contributed by atoms with van der Waals surface area (Å²) in [7, 11) is 1.61. The number of hydrogen-bond donors (Lipinski definition) is 1.